The van der Waals surface area contributed by atoms with Gasteiger partial charge in [0.2, 0.25) is 0 Å². The highest BCUT2D eigenvalue weighted by Crippen LogP contribution is 2.19. The number of aromatic carboxylic acids is 1. The molecule has 0 atom stereocenters. The maximum atomic E-state index is 11.6. The van der Waals surface area contributed by atoms with Gasteiger partial charge in [0.25, 0.3) is 0 Å². The molecule has 0 bridgehead atoms. The van der Waals surface area contributed by atoms with Crippen LogP contribution in [0, 0.1) is 0 Å². The third-order valence-electron chi connectivity index (χ3n) is 3.12. The average molecular weight is 346 g/mol. The highest BCUT2D eigenvalue weighted by atomic mass is 35.5. The van der Waals surface area contributed by atoms with Crippen molar-refractivity contribution in [1.29, 1.82) is 0 Å². The van der Waals surface area contributed by atoms with Gasteiger partial charge in [-0.25, -0.2) is 9.59 Å². The SMILES string of the molecule is O=C(NCC=Cc1cc(C(=O)O)ccc1Cl)OCc1ccccc1. The highest BCUT2D eigenvalue weighted by Gasteiger charge is 2.05. The normalized spacial score (nSPS) is 10.5. The summed E-state index contributed by atoms with van der Waals surface area (Å²) in [5, 5.41) is 12.0. The number of carboxylic acid groups (broad SMARTS) is 1. The molecule has 0 radical (unpaired) electrons. The second-order valence-electron chi connectivity index (χ2n) is 4.89. The highest BCUT2D eigenvalue weighted by molar-refractivity contribution is 6.32. The summed E-state index contributed by atoms with van der Waals surface area (Å²) in [6.07, 6.45) is 2.77. The van der Waals surface area contributed by atoms with Gasteiger partial charge in [0, 0.05) is 11.6 Å². The molecule has 0 spiro atoms. The molecule has 5 nitrogen and oxygen atoms in total. The summed E-state index contributed by atoms with van der Waals surface area (Å²) >= 11 is 6.00. The zero-order chi connectivity index (χ0) is 17.4. The van der Waals surface area contributed by atoms with E-state index in [2.05, 4.69) is 5.32 Å². The zero-order valence-corrected chi connectivity index (χ0v) is 13.5. The zero-order valence-electron chi connectivity index (χ0n) is 12.7. The van der Waals surface area contributed by atoms with Gasteiger partial charge in [0.05, 0.1) is 5.56 Å². The van der Waals surface area contributed by atoms with Gasteiger partial charge in [0.1, 0.15) is 6.61 Å². The molecule has 0 aliphatic carbocycles. The van der Waals surface area contributed by atoms with Gasteiger partial charge in [-0.1, -0.05) is 54.1 Å². The van der Waals surface area contributed by atoms with E-state index in [-0.39, 0.29) is 18.7 Å². The minimum atomic E-state index is -1.02. The standard InChI is InChI=1S/C18H16ClNO4/c19-16-9-8-15(17(21)22)11-14(16)7-4-10-20-18(23)24-12-13-5-2-1-3-6-13/h1-9,11H,10,12H2,(H,20,23)(H,21,22). The number of nitrogens with one attached hydrogen (secondary N) is 1. The third kappa shape index (κ3) is 5.44. The van der Waals surface area contributed by atoms with Crippen LogP contribution in [0.2, 0.25) is 5.02 Å². The fourth-order valence-electron chi connectivity index (χ4n) is 1.91. The van der Waals surface area contributed by atoms with Gasteiger partial charge < -0.3 is 15.2 Å². The Morgan fingerprint density at radius 2 is 1.92 bits per heavy atom. The van der Waals surface area contributed by atoms with E-state index in [1.807, 2.05) is 30.3 Å². The molecule has 2 aromatic rings. The summed E-state index contributed by atoms with van der Waals surface area (Å²) < 4.78 is 5.07. The van der Waals surface area contributed by atoms with Gasteiger partial charge in [0.15, 0.2) is 0 Å². The van der Waals surface area contributed by atoms with Crippen LogP contribution in [0.4, 0.5) is 4.79 Å². The number of carboxylic acids is 1. The molecule has 2 N–H and O–H groups in total. The average Bonchev–Trinajstić information content (AvgIpc) is 2.59. The number of rotatable bonds is 6. The van der Waals surface area contributed by atoms with Crippen molar-refractivity contribution in [2.75, 3.05) is 6.54 Å². The summed E-state index contributed by atoms with van der Waals surface area (Å²) in [5.74, 6) is -1.02. The Morgan fingerprint density at radius 1 is 1.17 bits per heavy atom. The molecule has 2 aromatic carbocycles. The molecular formula is C18H16ClNO4. The Balaban J connectivity index is 1.81. The summed E-state index contributed by atoms with van der Waals surface area (Å²) in [6.45, 7) is 0.435. The Bertz CT molecular complexity index is 744. The van der Waals surface area contributed by atoms with Gasteiger partial charge in [-0.2, -0.15) is 0 Å². The van der Waals surface area contributed by atoms with E-state index in [9.17, 15) is 9.59 Å². The van der Waals surface area contributed by atoms with Crippen molar-refractivity contribution < 1.29 is 19.4 Å². The summed E-state index contributed by atoms with van der Waals surface area (Å²) in [5.41, 5.74) is 1.62. The molecule has 2 rings (SSSR count). The third-order valence-corrected chi connectivity index (χ3v) is 3.46. The van der Waals surface area contributed by atoms with Crippen molar-refractivity contribution in [3.8, 4) is 0 Å². The molecule has 24 heavy (non-hydrogen) atoms. The quantitative estimate of drug-likeness (QED) is 0.830. The topological polar surface area (TPSA) is 75.6 Å². The molecule has 0 aromatic heterocycles. The number of hydrogen-bond donors (Lipinski definition) is 2. The van der Waals surface area contributed by atoms with Crippen LogP contribution in [-0.2, 0) is 11.3 Å². The number of halogens is 1. The van der Waals surface area contributed by atoms with Crippen molar-refractivity contribution in [3.05, 3.63) is 76.3 Å². The number of carbonyl (C=O) groups is 2. The van der Waals surface area contributed by atoms with Crippen molar-refractivity contribution in [2.24, 2.45) is 0 Å². The van der Waals surface area contributed by atoms with Gasteiger partial charge in [-0.05, 0) is 29.3 Å². The lowest BCUT2D eigenvalue weighted by molar-refractivity contribution is 0.0696. The Hall–Kier alpha value is -2.79. The van der Waals surface area contributed by atoms with Crippen molar-refractivity contribution >= 4 is 29.7 Å². The number of amides is 1. The molecule has 0 saturated carbocycles. The molecular weight excluding hydrogens is 330 g/mol. The number of ether oxygens (including phenoxy) is 1. The number of hydrogen-bond acceptors (Lipinski definition) is 3. The summed E-state index contributed by atoms with van der Waals surface area (Å²) in [6, 6.07) is 13.8. The van der Waals surface area contributed by atoms with Crippen LogP contribution in [0.5, 0.6) is 0 Å². The van der Waals surface area contributed by atoms with E-state index in [0.29, 0.717) is 10.6 Å². The van der Waals surface area contributed by atoms with Crippen molar-refractivity contribution in [3.63, 3.8) is 0 Å². The number of alkyl carbamates (subject to hydrolysis) is 1. The van der Waals surface area contributed by atoms with E-state index >= 15 is 0 Å². The molecule has 0 aliphatic heterocycles. The first-order chi connectivity index (χ1) is 11.6. The Labute approximate surface area is 144 Å². The fourth-order valence-corrected chi connectivity index (χ4v) is 2.09. The summed E-state index contributed by atoms with van der Waals surface area (Å²) in [4.78, 5) is 22.5. The first kappa shape index (κ1) is 17.6. The minimum Gasteiger partial charge on any atom is -0.478 e. The summed E-state index contributed by atoms with van der Waals surface area (Å²) in [7, 11) is 0. The van der Waals surface area contributed by atoms with Crippen LogP contribution < -0.4 is 5.32 Å². The second kappa shape index (κ2) is 8.74. The molecule has 0 unspecified atom stereocenters. The van der Waals surface area contributed by atoms with E-state index in [0.717, 1.165) is 5.56 Å². The van der Waals surface area contributed by atoms with Gasteiger partial charge in [-0.3, -0.25) is 0 Å². The molecule has 0 aliphatic rings. The van der Waals surface area contributed by atoms with Crippen LogP contribution in [0.1, 0.15) is 21.5 Å². The van der Waals surface area contributed by atoms with Crippen LogP contribution in [-0.4, -0.2) is 23.7 Å². The van der Waals surface area contributed by atoms with Crippen LogP contribution in [0.25, 0.3) is 6.08 Å². The lowest BCUT2D eigenvalue weighted by Gasteiger charge is -2.05. The van der Waals surface area contributed by atoms with Crippen LogP contribution in [0.15, 0.2) is 54.6 Å². The monoisotopic (exact) mass is 345 g/mol. The maximum Gasteiger partial charge on any atom is 0.407 e. The maximum absolute atomic E-state index is 11.6. The molecule has 0 heterocycles. The number of carbonyl (C=O) groups excluding carboxylic acids is 1. The van der Waals surface area contributed by atoms with Gasteiger partial charge in [-0.15, -0.1) is 0 Å². The largest absolute Gasteiger partial charge is 0.478 e. The van der Waals surface area contributed by atoms with Crippen molar-refractivity contribution in [1.82, 2.24) is 5.32 Å². The van der Waals surface area contributed by atoms with E-state index in [4.69, 9.17) is 21.4 Å². The predicted molar refractivity (Wildman–Crippen MR) is 92.1 cm³/mol. The van der Waals surface area contributed by atoms with Crippen LogP contribution >= 0.6 is 11.6 Å². The van der Waals surface area contributed by atoms with E-state index in [1.165, 1.54) is 18.2 Å². The predicted octanol–water partition coefficient (Wildman–Crippen LogP) is 3.98. The van der Waals surface area contributed by atoms with Crippen molar-refractivity contribution in [2.45, 2.75) is 6.61 Å². The molecule has 0 saturated heterocycles. The Kier molecular flexibility index (Phi) is 6.40. The molecule has 0 fully saturated rings. The lowest BCUT2D eigenvalue weighted by Crippen LogP contribution is -2.24. The lowest BCUT2D eigenvalue weighted by atomic mass is 10.1. The van der Waals surface area contributed by atoms with Crippen LogP contribution in [0.3, 0.4) is 0 Å². The van der Waals surface area contributed by atoms with E-state index < -0.39 is 12.1 Å². The first-order valence-corrected chi connectivity index (χ1v) is 7.58. The first-order valence-electron chi connectivity index (χ1n) is 7.20. The smallest absolute Gasteiger partial charge is 0.407 e. The fraction of sp³-hybridized carbons (Fsp3) is 0.111. The molecule has 1 amide bonds. The molecule has 6 heteroatoms. The Morgan fingerprint density at radius 3 is 2.62 bits per heavy atom. The second-order valence-corrected chi connectivity index (χ2v) is 5.29. The van der Waals surface area contributed by atoms with E-state index in [1.54, 1.807) is 12.2 Å². The molecule has 124 valence electrons. The minimum absolute atomic E-state index is 0.147. The van der Waals surface area contributed by atoms with Gasteiger partial charge >= 0.3 is 12.1 Å². The number of benzene rings is 2.